The summed E-state index contributed by atoms with van der Waals surface area (Å²) in [6.45, 7) is 4.37. The van der Waals surface area contributed by atoms with Gasteiger partial charge in [0.15, 0.2) is 11.0 Å². The highest BCUT2D eigenvalue weighted by Gasteiger charge is 2.22. The standard InChI is InChI=1S/C17H16ClN5O3S2/c1-3-22-15(14-5-4-8-27-14)20-21-17(22)28-10(2)16(24)19-13-9-11(23(25)26)6-7-12(13)18/h4-10H,3H2,1-2H3,(H,19,24). The maximum absolute atomic E-state index is 12.6. The molecule has 11 heteroatoms. The Morgan fingerprint density at radius 2 is 2.21 bits per heavy atom. The van der Waals surface area contributed by atoms with Crippen LogP contribution in [0.5, 0.6) is 0 Å². The minimum atomic E-state index is -0.542. The molecule has 0 aliphatic heterocycles. The van der Waals surface area contributed by atoms with Crippen molar-refractivity contribution >= 4 is 52.0 Å². The number of amides is 1. The Kier molecular flexibility index (Phi) is 6.32. The number of benzene rings is 1. The molecular formula is C17H16ClN5O3S2. The van der Waals surface area contributed by atoms with E-state index in [1.807, 2.05) is 29.0 Å². The summed E-state index contributed by atoms with van der Waals surface area (Å²) in [6.07, 6.45) is 0. The fourth-order valence-electron chi connectivity index (χ4n) is 2.42. The van der Waals surface area contributed by atoms with E-state index in [0.29, 0.717) is 11.7 Å². The number of nitrogens with one attached hydrogen (secondary N) is 1. The van der Waals surface area contributed by atoms with Gasteiger partial charge in [-0.05, 0) is 31.4 Å². The van der Waals surface area contributed by atoms with Crippen LogP contribution in [0, 0.1) is 10.1 Å². The van der Waals surface area contributed by atoms with Crippen molar-refractivity contribution in [3.63, 3.8) is 0 Å². The molecule has 2 heterocycles. The Morgan fingerprint density at radius 3 is 2.86 bits per heavy atom. The second-order valence-corrected chi connectivity index (χ2v) is 8.36. The zero-order chi connectivity index (χ0) is 20.3. The predicted octanol–water partition coefficient (Wildman–Crippen LogP) is 4.71. The molecule has 0 aliphatic rings. The first-order valence-electron chi connectivity index (χ1n) is 8.29. The molecule has 3 aromatic rings. The van der Waals surface area contributed by atoms with Gasteiger partial charge in [-0.1, -0.05) is 29.4 Å². The number of hydrogen-bond donors (Lipinski definition) is 1. The second kappa shape index (κ2) is 8.72. The number of thiophene rings is 1. The molecule has 1 unspecified atom stereocenters. The van der Waals surface area contributed by atoms with E-state index >= 15 is 0 Å². The van der Waals surface area contributed by atoms with Gasteiger partial charge < -0.3 is 9.88 Å². The third-order valence-electron chi connectivity index (χ3n) is 3.84. The van der Waals surface area contributed by atoms with Crippen LogP contribution in [-0.4, -0.2) is 30.8 Å². The van der Waals surface area contributed by atoms with Crippen LogP contribution in [-0.2, 0) is 11.3 Å². The zero-order valence-electron chi connectivity index (χ0n) is 15.0. The van der Waals surface area contributed by atoms with Gasteiger partial charge in [0, 0.05) is 18.7 Å². The lowest BCUT2D eigenvalue weighted by Crippen LogP contribution is -2.23. The zero-order valence-corrected chi connectivity index (χ0v) is 17.3. The van der Waals surface area contributed by atoms with Crippen LogP contribution in [0.2, 0.25) is 5.02 Å². The lowest BCUT2D eigenvalue weighted by Gasteiger charge is -2.13. The minimum absolute atomic E-state index is 0.147. The van der Waals surface area contributed by atoms with Gasteiger partial charge in [-0.25, -0.2) is 0 Å². The summed E-state index contributed by atoms with van der Waals surface area (Å²) >= 11 is 8.88. The molecule has 1 aromatic carbocycles. The van der Waals surface area contributed by atoms with E-state index < -0.39 is 10.2 Å². The van der Waals surface area contributed by atoms with E-state index in [9.17, 15) is 14.9 Å². The smallest absolute Gasteiger partial charge is 0.271 e. The van der Waals surface area contributed by atoms with Crippen LogP contribution in [0.4, 0.5) is 11.4 Å². The van der Waals surface area contributed by atoms with E-state index in [1.165, 1.54) is 30.0 Å². The number of aromatic nitrogens is 3. The van der Waals surface area contributed by atoms with Crippen LogP contribution >= 0.6 is 34.7 Å². The number of carbonyl (C=O) groups excluding carboxylic acids is 1. The molecule has 0 aliphatic carbocycles. The first-order valence-corrected chi connectivity index (χ1v) is 10.4. The van der Waals surface area contributed by atoms with Crippen molar-refractivity contribution < 1.29 is 9.72 Å². The Hall–Kier alpha value is -2.43. The highest BCUT2D eigenvalue weighted by Crippen LogP contribution is 2.31. The van der Waals surface area contributed by atoms with Gasteiger partial charge in [0.2, 0.25) is 5.91 Å². The van der Waals surface area contributed by atoms with E-state index in [2.05, 4.69) is 15.5 Å². The molecule has 1 amide bonds. The molecule has 28 heavy (non-hydrogen) atoms. The number of halogens is 1. The summed E-state index contributed by atoms with van der Waals surface area (Å²) in [7, 11) is 0. The average Bonchev–Trinajstić information content (AvgIpc) is 3.32. The number of carbonyl (C=O) groups is 1. The fourth-order valence-corrected chi connectivity index (χ4v) is 4.21. The molecule has 0 bridgehead atoms. The Labute approximate surface area is 174 Å². The van der Waals surface area contributed by atoms with Crippen LogP contribution < -0.4 is 5.32 Å². The molecule has 1 atom stereocenters. The van der Waals surface area contributed by atoms with Crippen molar-refractivity contribution in [1.82, 2.24) is 14.8 Å². The fraction of sp³-hybridized carbons (Fsp3) is 0.235. The molecular weight excluding hydrogens is 422 g/mol. The van der Waals surface area contributed by atoms with Crippen molar-refractivity contribution in [2.75, 3.05) is 5.32 Å². The number of thioether (sulfide) groups is 1. The van der Waals surface area contributed by atoms with Gasteiger partial charge in [0.05, 0.1) is 25.8 Å². The number of hydrogen-bond acceptors (Lipinski definition) is 7. The molecule has 2 aromatic heterocycles. The third-order valence-corrected chi connectivity index (χ3v) is 6.12. The number of nitrogens with zero attached hydrogens (tertiary/aromatic N) is 4. The molecule has 0 spiro atoms. The third kappa shape index (κ3) is 4.34. The van der Waals surface area contributed by atoms with E-state index in [-0.39, 0.29) is 22.3 Å². The van der Waals surface area contributed by atoms with Crippen LogP contribution in [0.25, 0.3) is 10.7 Å². The second-order valence-electron chi connectivity index (χ2n) is 5.70. The summed E-state index contributed by atoms with van der Waals surface area (Å²) in [6, 6.07) is 7.82. The van der Waals surface area contributed by atoms with Gasteiger partial charge in [0.25, 0.3) is 5.69 Å². The van der Waals surface area contributed by atoms with Gasteiger partial charge in [-0.15, -0.1) is 21.5 Å². The maximum atomic E-state index is 12.6. The Morgan fingerprint density at radius 1 is 1.43 bits per heavy atom. The van der Waals surface area contributed by atoms with Crippen molar-refractivity contribution in [2.45, 2.75) is 30.8 Å². The van der Waals surface area contributed by atoms with E-state index in [1.54, 1.807) is 18.3 Å². The summed E-state index contributed by atoms with van der Waals surface area (Å²) in [5.74, 6) is 0.421. The van der Waals surface area contributed by atoms with E-state index in [4.69, 9.17) is 11.6 Å². The maximum Gasteiger partial charge on any atom is 0.271 e. The largest absolute Gasteiger partial charge is 0.324 e. The van der Waals surface area contributed by atoms with Gasteiger partial charge in [-0.3, -0.25) is 14.9 Å². The van der Waals surface area contributed by atoms with E-state index in [0.717, 1.165) is 10.7 Å². The summed E-state index contributed by atoms with van der Waals surface area (Å²) < 4.78 is 1.95. The Balaban J connectivity index is 1.75. The van der Waals surface area contributed by atoms with Crippen molar-refractivity contribution in [3.05, 3.63) is 50.8 Å². The van der Waals surface area contributed by atoms with Gasteiger partial charge in [0.1, 0.15) is 0 Å². The van der Waals surface area contributed by atoms with Gasteiger partial charge >= 0.3 is 0 Å². The summed E-state index contributed by atoms with van der Waals surface area (Å²) in [5.41, 5.74) is 0.0517. The molecule has 1 N–H and O–H groups in total. The summed E-state index contributed by atoms with van der Waals surface area (Å²) in [4.78, 5) is 24.0. The number of nitro groups is 1. The first-order chi connectivity index (χ1) is 13.4. The number of rotatable bonds is 7. The molecule has 0 saturated carbocycles. The first kappa shape index (κ1) is 20.3. The van der Waals surface area contributed by atoms with Crippen molar-refractivity contribution in [1.29, 1.82) is 0 Å². The molecule has 3 rings (SSSR count). The number of anilines is 1. The molecule has 0 radical (unpaired) electrons. The molecule has 0 saturated heterocycles. The highest BCUT2D eigenvalue weighted by atomic mass is 35.5. The van der Waals surface area contributed by atoms with Crippen LogP contribution in [0.1, 0.15) is 13.8 Å². The predicted molar refractivity (Wildman–Crippen MR) is 111 cm³/mol. The molecule has 146 valence electrons. The minimum Gasteiger partial charge on any atom is -0.324 e. The molecule has 8 nitrogen and oxygen atoms in total. The monoisotopic (exact) mass is 437 g/mol. The normalized spacial score (nSPS) is 12.0. The number of non-ortho nitro benzene ring substituents is 1. The van der Waals surface area contributed by atoms with Crippen molar-refractivity contribution in [3.8, 4) is 10.7 Å². The molecule has 0 fully saturated rings. The lowest BCUT2D eigenvalue weighted by molar-refractivity contribution is -0.384. The summed E-state index contributed by atoms with van der Waals surface area (Å²) in [5, 5.41) is 24.3. The SMILES string of the molecule is CCn1c(SC(C)C(=O)Nc2cc([N+](=O)[O-])ccc2Cl)nnc1-c1cccs1. The van der Waals surface area contributed by atoms with Crippen LogP contribution in [0.15, 0.2) is 40.9 Å². The quantitative estimate of drug-likeness (QED) is 0.326. The Bertz CT molecular complexity index is 1010. The topological polar surface area (TPSA) is 103 Å². The van der Waals surface area contributed by atoms with Crippen molar-refractivity contribution in [2.24, 2.45) is 0 Å². The van der Waals surface area contributed by atoms with Gasteiger partial charge in [-0.2, -0.15) is 0 Å². The highest BCUT2D eigenvalue weighted by molar-refractivity contribution is 8.00. The van der Waals surface area contributed by atoms with Crippen LogP contribution in [0.3, 0.4) is 0 Å². The average molecular weight is 438 g/mol. The lowest BCUT2D eigenvalue weighted by atomic mass is 10.2. The number of nitro benzene ring substituents is 1.